The second-order valence-electron chi connectivity index (χ2n) is 6.95. The van der Waals surface area contributed by atoms with Crippen LogP contribution in [0.15, 0.2) is 67.1 Å². The first-order valence-corrected chi connectivity index (χ1v) is 9.80. The molecule has 0 aliphatic heterocycles. The lowest BCUT2D eigenvalue weighted by atomic mass is 10.1. The molecule has 4 rings (SSSR count). The second-order valence-corrected chi connectivity index (χ2v) is 6.95. The van der Waals surface area contributed by atoms with Crippen LogP contribution >= 0.6 is 0 Å². The van der Waals surface area contributed by atoms with Crippen LogP contribution in [0.25, 0.3) is 10.9 Å². The third kappa shape index (κ3) is 4.83. The number of carbonyl (C=O) groups is 1. The summed E-state index contributed by atoms with van der Waals surface area (Å²) in [6, 6.07) is 14.3. The molecule has 2 aromatic heterocycles. The molecule has 1 amide bonds. The van der Waals surface area contributed by atoms with Gasteiger partial charge in [-0.2, -0.15) is 0 Å². The van der Waals surface area contributed by atoms with E-state index in [0.717, 1.165) is 11.7 Å². The SMILES string of the molecule is O=C(Cc1ccc([N+](=O)[O-])cc1)NNc1ncnc(Nc2cccc3ncccc23)c1[N+](=O)[O-]. The molecule has 0 aliphatic carbocycles. The maximum Gasteiger partial charge on any atom is 0.355 e. The predicted octanol–water partition coefficient (Wildman–Crippen LogP) is 3.27. The highest BCUT2D eigenvalue weighted by Gasteiger charge is 2.24. The van der Waals surface area contributed by atoms with Crippen molar-refractivity contribution >= 4 is 45.5 Å². The zero-order valence-corrected chi connectivity index (χ0v) is 17.3. The fraction of sp³-hybridized carbons (Fsp3) is 0.0476. The Morgan fingerprint density at radius 3 is 2.38 bits per heavy atom. The summed E-state index contributed by atoms with van der Waals surface area (Å²) >= 11 is 0. The van der Waals surface area contributed by atoms with Crippen LogP contribution in [0.3, 0.4) is 0 Å². The number of fused-ring (bicyclic) bond motifs is 1. The normalized spacial score (nSPS) is 10.5. The monoisotopic (exact) mass is 460 g/mol. The zero-order valence-electron chi connectivity index (χ0n) is 17.3. The van der Waals surface area contributed by atoms with E-state index in [-0.39, 0.29) is 23.7 Å². The fourth-order valence-electron chi connectivity index (χ4n) is 3.17. The molecule has 170 valence electrons. The molecule has 0 aliphatic rings. The Hall–Kier alpha value is -5.20. The standard InChI is InChI=1S/C21H16N8O5/c30-18(11-13-6-8-14(9-7-13)28(31)32)26-27-21-19(29(33)34)20(23-12-24-21)25-17-5-1-4-16-15(17)3-2-10-22-16/h1-10,12H,11H2,(H,26,30)(H2,23,24,25,27). The van der Waals surface area contributed by atoms with Gasteiger partial charge in [0.05, 0.1) is 21.8 Å². The van der Waals surface area contributed by atoms with E-state index in [1.54, 1.807) is 24.4 Å². The summed E-state index contributed by atoms with van der Waals surface area (Å²) in [5.41, 5.74) is 6.00. The molecule has 0 fully saturated rings. The van der Waals surface area contributed by atoms with Crippen molar-refractivity contribution in [3.63, 3.8) is 0 Å². The molecule has 0 saturated carbocycles. The molecule has 0 spiro atoms. The Kier molecular flexibility index (Phi) is 6.16. The van der Waals surface area contributed by atoms with Gasteiger partial charge >= 0.3 is 5.69 Å². The summed E-state index contributed by atoms with van der Waals surface area (Å²) in [6.07, 6.45) is 2.64. The number of non-ortho nitro benzene ring substituents is 1. The van der Waals surface area contributed by atoms with E-state index in [4.69, 9.17) is 0 Å². The van der Waals surface area contributed by atoms with Crippen molar-refractivity contribution in [2.75, 3.05) is 10.7 Å². The maximum absolute atomic E-state index is 12.3. The molecule has 13 heteroatoms. The third-order valence-electron chi connectivity index (χ3n) is 4.74. The van der Waals surface area contributed by atoms with Gasteiger partial charge in [-0.05, 0) is 29.8 Å². The highest BCUT2D eigenvalue weighted by Crippen LogP contribution is 2.32. The lowest BCUT2D eigenvalue weighted by Crippen LogP contribution is -2.31. The fourth-order valence-corrected chi connectivity index (χ4v) is 3.17. The number of benzene rings is 2. The summed E-state index contributed by atoms with van der Waals surface area (Å²) in [4.78, 5) is 45.7. The molecule has 2 heterocycles. The first-order chi connectivity index (χ1) is 16.4. The Morgan fingerprint density at radius 1 is 0.882 bits per heavy atom. The molecular weight excluding hydrogens is 444 g/mol. The predicted molar refractivity (Wildman–Crippen MR) is 122 cm³/mol. The van der Waals surface area contributed by atoms with Gasteiger partial charge in [0.2, 0.25) is 17.5 Å². The summed E-state index contributed by atoms with van der Waals surface area (Å²) in [5, 5.41) is 26.2. The largest absolute Gasteiger partial charge is 0.355 e. The number of hydrogen-bond acceptors (Lipinski definition) is 10. The number of nitrogens with zero attached hydrogens (tertiary/aromatic N) is 5. The van der Waals surface area contributed by atoms with E-state index in [1.807, 2.05) is 12.1 Å². The number of hydrazine groups is 1. The van der Waals surface area contributed by atoms with Crippen molar-refractivity contribution in [3.8, 4) is 0 Å². The minimum Gasteiger partial charge on any atom is -0.334 e. The highest BCUT2D eigenvalue weighted by molar-refractivity contribution is 5.93. The Balaban J connectivity index is 1.51. The molecule has 4 aromatic rings. The van der Waals surface area contributed by atoms with E-state index in [1.165, 1.54) is 24.3 Å². The minimum absolute atomic E-state index is 0.0801. The number of hydrogen-bond donors (Lipinski definition) is 3. The molecule has 0 saturated heterocycles. The van der Waals surface area contributed by atoms with Crippen molar-refractivity contribution in [1.82, 2.24) is 20.4 Å². The Morgan fingerprint density at radius 2 is 1.65 bits per heavy atom. The van der Waals surface area contributed by atoms with Gasteiger partial charge in [0.25, 0.3) is 5.69 Å². The number of carbonyl (C=O) groups excluding carboxylic acids is 1. The Labute approximate surface area is 191 Å². The number of nitrogens with one attached hydrogen (secondary N) is 3. The van der Waals surface area contributed by atoms with E-state index < -0.39 is 21.4 Å². The van der Waals surface area contributed by atoms with Gasteiger partial charge in [-0.1, -0.05) is 18.2 Å². The number of anilines is 3. The topological polar surface area (TPSA) is 178 Å². The summed E-state index contributed by atoms with van der Waals surface area (Å²) in [5.74, 6) is -0.835. The summed E-state index contributed by atoms with van der Waals surface area (Å²) in [6.45, 7) is 0. The molecule has 3 N–H and O–H groups in total. The van der Waals surface area contributed by atoms with Crippen molar-refractivity contribution in [1.29, 1.82) is 0 Å². The van der Waals surface area contributed by atoms with Crippen LogP contribution in [0.2, 0.25) is 0 Å². The van der Waals surface area contributed by atoms with Gasteiger partial charge in [0, 0.05) is 29.4 Å². The number of rotatable bonds is 8. The van der Waals surface area contributed by atoms with Crippen molar-refractivity contribution < 1.29 is 14.6 Å². The number of pyridine rings is 1. The number of aromatic nitrogens is 3. The molecule has 0 bridgehead atoms. The van der Waals surface area contributed by atoms with Crippen LogP contribution in [0, 0.1) is 20.2 Å². The average molecular weight is 460 g/mol. The molecule has 0 atom stereocenters. The van der Waals surface area contributed by atoms with Crippen molar-refractivity contribution in [2.45, 2.75) is 6.42 Å². The third-order valence-corrected chi connectivity index (χ3v) is 4.74. The van der Waals surface area contributed by atoms with Crippen LogP contribution in [0.1, 0.15) is 5.56 Å². The quantitative estimate of drug-likeness (QED) is 0.261. The van der Waals surface area contributed by atoms with E-state index in [0.29, 0.717) is 16.8 Å². The zero-order chi connectivity index (χ0) is 24.1. The molecule has 0 unspecified atom stereocenters. The number of nitro groups is 2. The van der Waals surface area contributed by atoms with Crippen LogP contribution in [0.4, 0.5) is 28.7 Å². The minimum atomic E-state index is -0.670. The second kappa shape index (κ2) is 9.52. The molecule has 13 nitrogen and oxygen atoms in total. The van der Waals surface area contributed by atoms with Crippen LogP contribution in [-0.2, 0) is 11.2 Å². The van der Waals surface area contributed by atoms with Crippen molar-refractivity contribution in [2.24, 2.45) is 0 Å². The molecule has 34 heavy (non-hydrogen) atoms. The van der Waals surface area contributed by atoms with Gasteiger partial charge in [0.1, 0.15) is 6.33 Å². The van der Waals surface area contributed by atoms with Gasteiger partial charge in [-0.25, -0.2) is 9.97 Å². The maximum atomic E-state index is 12.3. The summed E-state index contributed by atoms with van der Waals surface area (Å²) in [7, 11) is 0. The van der Waals surface area contributed by atoms with E-state index in [2.05, 4.69) is 31.1 Å². The van der Waals surface area contributed by atoms with E-state index in [9.17, 15) is 25.0 Å². The lowest BCUT2D eigenvalue weighted by Gasteiger charge is -2.12. The Bertz CT molecular complexity index is 1390. The highest BCUT2D eigenvalue weighted by atomic mass is 16.6. The van der Waals surface area contributed by atoms with Gasteiger partial charge in [0.15, 0.2) is 0 Å². The molecular formula is C21H16N8O5. The molecule has 2 aromatic carbocycles. The van der Waals surface area contributed by atoms with Gasteiger partial charge in [-0.3, -0.25) is 40.9 Å². The average Bonchev–Trinajstić information content (AvgIpc) is 2.83. The lowest BCUT2D eigenvalue weighted by molar-refractivity contribution is -0.384. The van der Waals surface area contributed by atoms with Gasteiger partial charge in [-0.15, -0.1) is 0 Å². The van der Waals surface area contributed by atoms with Crippen LogP contribution < -0.4 is 16.2 Å². The molecule has 0 radical (unpaired) electrons. The van der Waals surface area contributed by atoms with Crippen LogP contribution in [-0.4, -0.2) is 30.7 Å². The smallest absolute Gasteiger partial charge is 0.334 e. The van der Waals surface area contributed by atoms with Crippen molar-refractivity contribution in [3.05, 3.63) is 92.9 Å². The first kappa shape index (κ1) is 22.0. The summed E-state index contributed by atoms with van der Waals surface area (Å²) < 4.78 is 0. The van der Waals surface area contributed by atoms with E-state index >= 15 is 0 Å². The van der Waals surface area contributed by atoms with Gasteiger partial charge < -0.3 is 5.32 Å². The first-order valence-electron chi connectivity index (χ1n) is 9.80. The number of nitro benzene ring substituents is 1. The number of amides is 1. The van der Waals surface area contributed by atoms with Crippen LogP contribution in [0.5, 0.6) is 0 Å².